The molecule has 0 aromatic rings. The second-order valence-corrected chi connectivity index (χ2v) is 8.00. The Balaban J connectivity index is 1.70. The summed E-state index contributed by atoms with van der Waals surface area (Å²) in [6.45, 7) is 4.45. The molecule has 21 heavy (non-hydrogen) atoms. The van der Waals surface area contributed by atoms with Crippen molar-refractivity contribution in [3.8, 4) is 0 Å². The monoisotopic (exact) mass is 293 g/mol. The minimum absolute atomic E-state index is 0.133. The minimum Gasteiger partial charge on any atom is -0.481 e. The highest BCUT2D eigenvalue weighted by Gasteiger charge is 2.48. The molecule has 1 amide bonds. The smallest absolute Gasteiger partial charge is 0.303 e. The first-order valence-electron chi connectivity index (χ1n) is 8.42. The molecule has 1 N–H and O–H groups in total. The molecule has 2 bridgehead atoms. The molecule has 0 spiro atoms. The summed E-state index contributed by atoms with van der Waals surface area (Å²) in [5, 5.41) is 8.99. The lowest BCUT2D eigenvalue weighted by atomic mass is 9.79. The molecule has 1 saturated carbocycles. The van der Waals surface area contributed by atoms with E-state index in [1.807, 2.05) is 0 Å². The van der Waals surface area contributed by atoms with Crippen molar-refractivity contribution in [2.24, 2.45) is 17.3 Å². The highest BCUT2D eigenvalue weighted by atomic mass is 16.4. The normalized spacial score (nSPS) is 37.7. The molecular weight excluding hydrogens is 266 g/mol. The quantitative estimate of drug-likeness (QED) is 0.870. The summed E-state index contributed by atoms with van der Waals surface area (Å²) in [7, 11) is 0. The Morgan fingerprint density at radius 2 is 1.76 bits per heavy atom. The van der Waals surface area contributed by atoms with E-state index in [1.165, 1.54) is 0 Å². The van der Waals surface area contributed by atoms with Crippen LogP contribution in [0.4, 0.5) is 0 Å². The second-order valence-electron chi connectivity index (χ2n) is 8.00. The highest BCUT2D eigenvalue weighted by molar-refractivity contribution is 5.81. The first-order chi connectivity index (χ1) is 9.88. The molecule has 2 heterocycles. The molecule has 3 unspecified atom stereocenters. The largest absolute Gasteiger partial charge is 0.481 e. The van der Waals surface area contributed by atoms with Crippen LogP contribution >= 0.6 is 0 Å². The number of fused-ring (bicyclic) bond motifs is 2. The second kappa shape index (κ2) is 5.29. The van der Waals surface area contributed by atoms with Crippen LogP contribution in [0.2, 0.25) is 0 Å². The number of piperidine rings is 1. The first-order valence-corrected chi connectivity index (χ1v) is 8.42. The molecule has 4 heteroatoms. The van der Waals surface area contributed by atoms with Crippen molar-refractivity contribution < 1.29 is 14.7 Å². The number of nitrogens with zero attached hydrogens (tertiary/aromatic N) is 1. The van der Waals surface area contributed by atoms with E-state index in [1.54, 1.807) is 0 Å². The van der Waals surface area contributed by atoms with Crippen LogP contribution < -0.4 is 0 Å². The molecule has 2 aliphatic heterocycles. The fourth-order valence-electron chi connectivity index (χ4n) is 5.03. The number of hydrogen-bond acceptors (Lipinski definition) is 2. The van der Waals surface area contributed by atoms with Gasteiger partial charge in [0.05, 0.1) is 0 Å². The van der Waals surface area contributed by atoms with Crippen molar-refractivity contribution in [3.05, 3.63) is 0 Å². The van der Waals surface area contributed by atoms with Crippen LogP contribution in [0.5, 0.6) is 0 Å². The number of carboxylic acids is 1. The van der Waals surface area contributed by atoms with Gasteiger partial charge in [-0.25, -0.2) is 0 Å². The maximum Gasteiger partial charge on any atom is 0.303 e. The Hall–Kier alpha value is -1.06. The molecule has 0 radical (unpaired) electrons. The van der Waals surface area contributed by atoms with Crippen LogP contribution in [0.25, 0.3) is 0 Å². The van der Waals surface area contributed by atoms with E-state index in [9.17, 15) is 9.59 Å². The summed E-state index contributed by atoms with van der Waals surface area (Å²) >= 11 is 0. The van der Waals surface area contributed by atoms with Gasteiger partial charge < -0.3 is 10.0 Å². The summed E-state index contributed by atoms with van der Waals surface area (Å²) in [6.07, 6.45) is 7.52. The molecule has 0 aromatic carbocycles. The van der Waals surface area contributed by atoms with Crippen LogP contribution in [0.3, 0.4) is 0 Å². The third-order valence-corrected chi connectivity index (χ3v) is 6.10. The lowest BCUT2D eigenvalue weighted by molar-refractivity contribution is -0.144. The lowest BCUT2D eigenvalue weighted by Crippen LogP contribution is -2.50. The number of carbonyl (C=O) groups excluding carboxylic acids is 1. The molecule has 2 saturated heterocycles. The average Bonchev–Trinajstić information content (AvgIpc) is 2.86. The standard InChI is InChI=1S/C17H27NO3/c1-17(2)7-3-4-14(17)16(21)18-12-5-6-13(18)9-11(8-12)10-15(19)20/h11-14H,3-10H2,1-2H3,(H,19,20). The van der Waals surface area contributed by atoms with E-state index in [0.29, 0.717) is 18.0 Å². The topological polar surface area (TPSA) is 57.6 Å². The van der Waals surface area contributed by atoms with Crippen molar-refractivity contribution in [1.29, 1.82) is 0 Å². The van der Waals surface area contributed by atoms with Gasteiger partial charge in [0.25, 0.3) is 0 Å². The number of carboxylic acid groups (broad SMARTS) is 1. The molecule has 3 atom stereocenters. The third-order valence-electron chi connectivity index (χ3n) is 6.10. The summed E-state index contributed by atoms with van der Waals surface area (Å²) in [5.74, 6) is 0.104. The Bertz CT molecular complexity index is 431. The number of aliphatic carboxylic acids is 1. The van der Waals surface area contributed by atoms with E-state index < -0.39 is 5.97 Å². The zero-order chi connectivity index (χ0) is 15.2. The van der Waals surface area contributed by atoms with Crippen molar-refractivity contribution in [3.63, 3.8) is 0 Å². The SMILES string of the molecule is CC1(C)CCCC1C(=O)N1C2CCC1CC(CC(=O)O)C2. The van der Waals surface area contributed by atoms with Gasteiger partial charge in [0.1, 0.15) is 0 Å². The van der Waals surface area contributed by atoms with Crippen molar-refractivity contribution in [2.45, 2.75) is 77.3 Å². The minimum atomic E-state index is -0.698. The molecule has 118 valence electrons. The Morgan fingerprint density at radius 1 is 1.14 bits per heavy atom. The summed E-state index contributed by atoms with van der Waals surface area (Å²) in [5.41, 5.74) is 0.133. The van der Waals surface area contributed by atoms with Crippen LogP contribution in [0.1, 0.15) is 65.2 Å². The van der Waals surface area contributed by atoms with Gasteiger partial charge in [-0.1, -0.05) is 20.3 Å². The van der Waals surface area contributed by atoms with E-state index >= 15 is 0 Å². The summed E-state index contributed by atoms with van der Waals surface area (Å²) in [6, 6.07) is 0.606. The molecular formula is C17H27NO3. The van der Waals surface area contributed by atoms with Crippen LogP contribution in [0, 0.1) is 17.3 Å². The van der Waals surface area contributed by atoms with Gasteiger partial charge in [0, 0.05) is 24.4 Å². The molecule has 0 aromatic heterocycles. The van der Waals surface area contributed by atoms with E-state index in [2.05, 4.69) is 18.7 Å². The van der Waals surface area contributed by atoms with Gasteiger partial charge in [-0.2, -0.15) is 0 Å². The van der Waals surface area contributed by atoms with E-state index in [4.69, 9.17) is 5.11 Å². The van der Waals surface area contributed by atoms with Gasteiger partial charge in [0.15, 0.2) is 0 Å². The van der Waals surface area contributed by atoms with E-state index in [0.717, 1.165) is 44.9 Å². The molecule has 3 fully saturated rings. The Morgan fingerprint density at radius 3 is 2.24 bits per heavy atom. The van der Waals surface area contributed by atoms with Gasteiger partial charge in [-0.15, -0.1) is 0 Å². The number of carbonyl (C=O) groups is 2. The predicted molar refractivity (Wildman–Crippen MR) is 79.8 cm³/mol. The van der Waals surface area contributed by atoms with Crippen LogP contribution in [-0.2, 0) is 9.59 Å². The molecule has 3 rings (SSSR count). The molecule has 1 aliphatic carbocycles. The number of hydrogen-bond donors (Lipinski definition) is 1. The highest BCUT2D eigenvalue weighted by Crippen LogP contribution is 2.47. The van der Waals surface area contributed by atoms with Gasteiger partial charge in [-0.3, -0.25) is 9.59 Å². The lowest BCUT2D eigenvalue weighted by Gasteiger charge is -2.42. The Labute approximate surface area is 126 Å². The zero-order valence-electron chi connectivity index (χ0n) is 13.2. The third kappa shape index (κ3) is 2.69. The van der Waals surface area contributed by atoms with Gasteiger partial charge >= 0.3 is 5.97 Å². The van der Waals surface area contributed by atoms with Crippen LogP contribution in [0.15, 0.2) is 0 Å². The van der Waals surface area contributed by atoms with Crippen molar-refractivity contribution >= 4 is 11.9 Å². The molecule has 3 aliphatic rings. The first kappa shape index (κ1) is 14.9. The zero-order valence-corrected chi connectivity index (χ0v) is 13.2. The van der Waals surface area contributed by atoms with E-state index in [-0.39, 0.29) is 23.7 Å². The maximum absolute atomic E-state index is 13.0. The number of amides is 1. The van der Waals surface area contributed by atoms with Gasteiger partial charge in [-0.05, 0) is 49.9 Å². The summed E-state index contributed by atoms with van der Waals surface area (Å²) in [4.78, 5) is 26.1. The fourth-order valence-corrected chi connectivity index (χ4v) is 5.03. The van der Waals surface area contributed by atoms with Crippen LogP contribution in [-0.4, -0.2) is 34.0 Å². The van der Waals surface area contributed by atoms with Gasteiger partial charge in [0.2, 0.25) is 5.91 Å². The number of rotatable bonds is 3. The summed E-state index contributed by atoms with van der Waals surface area (Å²) < 4.78 is 0. The van der Waals surface area contributed by atoms with Crippen molar-refractivity contribution in [1.82, 2.24) is 4.90 Å². The fraction of sp³-hybridized carbons (Fsp3) is 0.882. The van der Waals surface area contributed by atoms with Crippen molar-refractivity contribution in [2.75, 3.05) is 0 Å². The average molecular weight is 293 g/mol. The maximum atomic E-state index is 13.0. The Kier molecular flexibility index (Phi) is 3.74. The predicted octanol–water partition coefficient (Wildman–Crippen LogP) is 3.06. The molecule has 4 nitrogen and oxygen atoms in total.